The minimum atomic E-state index is -0.867. The SMILES string of the molecule is COc1ccnc(CN2CCC(Cc3cccc(C(=O)O)c3)C2)c1. The van der Waals surface area contributed by atoms with Crippen molar-refractivity contribution in [1.29, 1.82) is 0 Å². The Morgan fingerprint density at radius 3 is 3.04 bits per heavy atom. The van der Waals surface area contributed by atoms with E-state index in [2.05, 4.69) is 9.88 Å². The predicted molar refractivity (Wildman–Crippen MR) is 91.3 cm³/mol. The Hall–Kier alpha value is -2.40. The number of pyridine rings is 1. The van der Waals surface area contributed by atoms with Crippen molar-refractivity contribution in [1.82, 2.24) is 9.88 Å². The normalized spacial score (nSPS) is 17.8. The van der Waals surface area contributed by atoms with Crippen LogP contribution in [0, 0.1) is 5.92 Å². The Kier molecular flexibility index (Phi) is 5.11. The summed E-state index contributed by atoms with van der Waals surface area (Å²) < 4.78 is 5.24. The zero-order chi connectivity index (χ0) is 16.9. The second-order valence-corrected chi connectivity index (χ2v) is 6.29. The highest BCUT2D eigenvalue weighted by atomic mass is 16.5. The maximum absolute atomic E-state index is 11.1. The van der Waals surface area contributed by atoms with Crippen molar-refractivity contribution in [3.05, 3.63) is 59.4 Å². The van der Waals surface area contributed by atoms with Gasteiger partial charge in [-0.25, -0.2) is 4.79 Å². The minimum absolute atomic E-state index is 0.364. The van der Waals surface area contributed by atoms with E-state index in [-0.39, 0.29) is 0 Å². The van der Waals surface area contributed by atoms with Gasteiger partial charge in [0.2, 0.25) is 0 Å². The maximum atomic E-state index is 11.1. The minimum Gasteiger partial charge on any atom is -0.497 e. The lowest BCUT2D eigenvalue weighted by Crippen LogP contribution is -2.21. The van der Waals surface area contributed by atoms with Gasteiger partial charge in [0.25, 0.3) is 0 Å². The molecule has 0 amide bonds. The first-order valence-electron chi connectivity index (χ1n) is 8.17. The van der Waals surface area contributed by atoms with Crippen molar-refractivity contribution >= 4 is 5.97 Å². The molecule has 1 aromatic carbocycles. The van der Waals surface area contributed by atoms with E-state index in [1.807, 2.05) is 24.3 Å². The zero-order valence-electron chi connectivity index (χ0n) is 13.8. The van der Waals surface area contributed by atoms with Gasteiger partial charge in [-0.05, 0) is 49.1 Å². The highest BCUT2D eigenvalue weighted by molar-refractivity contribution is 5.87. The quantitative estimate of drug-likeness (QED) is 0.884. The molecule has 0 spiro atoms. The van der Waals surface area contributed by atoms with Crippen LogP contribution in [0.5, 0.6) is 5.75 Å². The highest BCUT2D eigenvalue weighted by Crippen LogP contribution is 2.23. The number of methoxy groups -OCH3 is 1. The lowest BCUT2D eigenvalue weighted by Gasteiger charge is -2.16. The number of likely N-dealkylation sites (tertiary alicyclic amines) is 1. The van der Waals surface area contributed by atoms with Crippen molar-refractivity contribution in [2.45, 2.75) is 19.4 Å². The topological polar surface area (TPSA) is 62.7 Å². The summed E-state index contributed by atoms with van der Waals surface area (Å²) in [5.41, 5.74) is 2.48. The number of ether oxygens (including phenoxy) is 1. The largest absolute Gasteiger partial charge is 0.497 e. The fourth-order valence-electron chi connectivity index (χ4n) is 3.29. The van der Waals surface area contributed by atoms with Crippen molar-refractivity contribution in [2.75, 3.05) is 20.2 Å². The van der Waals surface area contributed by atoms with Crippen LogP contribution in [0.4, 0.5) is 0 Å². The van der Waals surface area contributed by atoms with Crippen molar-refractivity contribution in [3.8, 4) is 5.75 Å². The molecule has 1 aliphatic heterocycles. The molecule has 3 rings (SSSR count). The second kappa shape index (κ2) is 7.45. The molecule has 2 aromatic rings. The first-order valence-corrected chi connectivity index (χ1v) is 8.17. The van der Waals surface area contributed by atoms with Crippen LogP contribution in [0.1, 0.15) is 28.0 Å². The summed E-state index contributed by atoms with van der Waals surface area (Å²) in [6.45, 7) is 2.88. The van der Waals surface area contributed by atoms with Gasteiger partial charge >= 0.3 is 5.97 Å². The van der Waals surface area contributed by atoms with Crippen LogP contribution in [0.25, 0.3) is 0 Å². The number of carbonyl (C=O) groups is 1. The molecule has 1 N–H and O–H groups in total. The van der Waals surface area contributed by atoms with Crippen LogP contribution >= 0.6 is 0 Å². The number of hydrogen-bond donors (Lipinski definition) is 1. The summed E-state index contributed by atoms with van der Waals surface area (Å²) in [6, 6.07) is 11.1. The number of nitrogens with zero attached hydrogens (tertiary/aromatic N) is 2. The van der Waals surface area contributed by atoms with E-state index in [9.17, 15) is 4.79 Å². The molecule has 1 aliphatic rings. The van der Waals surface area contributed by atoms with Gasteiger partial charge in [-0.15, -0.1) is 0 Å². The molecular formula is C19H22N2O3. The number of carboxylic acids is 1. The van der Waals surface area contributed by atoms with Crippen LogP contribution in [0.2, 0.25) is 0 Å². The van der Waals surface area contributed by atoms with Crippen molar-refractivity contribution in [2.24, 2.45) is 5.92 Å². The van der Waals surface area contributed by atoms with Gasteiger partial charge in [0.1, 0.15) is 5.75 Å². The fourth-order valence-corrected chi connectivity index (χ4v) is 3.29. The van der Waals surface area contributed by atoms with E-state index in [4.69, 9.17) is 9.84 Å². The standard InChI is InChI=1S/C19H22N2O3/c1-24-18-5-7-20-17(11-18)13-21-8-6-15(12-21)9-14-3-2-4-16(10-14)19(22)23/h2-5,7,10-11,15H,6,8-9,12-13H2,1H3,(H,22,23). The average Bonchev–Trinajstić information content (AvgIpc) is 3.02. The fraction of sp³-hybridized carbons (Fsp3) is 0.368. The van der Waals surface area contributed by atoms with Crippen LogP contribution in [0.15, 0.2) is 42.6 Å². The number of carboxylic acid groups (broad SMARTS) is 1. The molecule has 0 radical (unpaired) electrons. The summed E-state index contributed by atoms with van der Waals surface area (Å²) >= 11 is 0. The molecule has 0 bridgehead atoms. The molecular weight excluding hydrogens is 304 g/mol. The van der Waals surface area contributed by atoms with E-state index in [0.717, 1.165) is 49.5 Å². The van der Waals surface area contributed by atoms with Gasteiger partial charge in [-0.3, -0.25) is 9.88 Å². The van der Waals surface area contributed by atoms with Crippen LogP contribution < -0.4 is 4.74 Å². The van der Waals surface area contributed by atoms with E-state index in [1.54, 1.807) is 25.4 Å². The first kappa shape index (κ1) is 16.5. The molecule has 0 saturated carbocycles. The highest BCUT2D eigenvalue weighted by Gasteiger charge is 2.23. The van der Waals surface area contributed by atoms with Gasteiger partial charge in [0, 0.05) is 25.4 Å². The third-order valence-electron chi connectivity index (χ3n) is 4.48. The summed E-state index contributed by atoms with van der Waals surface area (Å²) in [6.07, 6.45) is 3.82. The molecule has 1 atom stereocenters. The van der Waals surface area contributed by atoms with Gasteiger partial charge in [0.15, 0.2) is 0 Å². The molecule has 126 valence electrons. The maximum Gasteiger partial charge on any atom is 0.335 e. The predicted octanol–water partition coefficient (Wildman–Crippen LogP) is 2.85. The number of benzene rings is 1. The molecule has 1 aromatic heterocycles. The lowest BCUT2D eigenvalue weighted by atomic mass is 9.97. The van der Waals surface area contributed by atoms with Gasteiger partial charge < -0.3 is 9.84 Å². The van der Waals surface area contributed by atoms with E-state index in [1.165, 1.54) is 0 Å². The molecule has 1 fully saturated rings. The van der Waals surface area contributed by atoms with Gasteiger partial charge in [0.05, 0.1) is 18.4 Å². The molecule has 1 saturated heterocycles. The van der Waals surface area contributed by atoms with Crippen molar-refractivity contribution in [3.63, 3.8) is 0 Å². The Labute approximate surface area is 141 Å². The number of aromatic carboxylic acids is 1. The third kappa shape index (κ3) is 4.11. The number of hydrogen-bond acceptors (Lipinski definition) is 4. The van der Waals surface area contributed by atoms with Crippen LogP contribution in [0.3, 0.4) is 0 Å². The van der Waals surface area contributed by atoms with Crippen LogP contribution in [-0.4, -0.2) is 41.2 Å². The van der Waals surface area contributed by atoms with E-state index < -0.39 is 5.97 Å². The van der Waals surface area contributed by atoms with Gasteiger partial charge in [-0.1, -0.05) is 12.1 Å². The van der Waals surface area contributed by atoms with Crippen molar-refractivity contribution < 1.29 is 14.6 Å². The Morgan fingerprint density at radius 2 is 2.25 bits per heavy atom. The molecule has 5 nitrogen and oxygen atoms in total. The third-order valence-corrected chi connectivity index (χ3v) is 4.48. The average molecular weight is 326 g/mol. The smallest absolute Gasteiger partial charge is 0.335 e. The number of rotatable bonds is 6. The summed E-state index contributed by atoms with van der Waals surface area (Å²) in [7, 11) is 1.66. The van der Waals surface area contributed by atoms with Crippen LogP contribution in [-0.2, 0) is 13.0 Å². The molecule has 2 heterocycles. The molecule has 0 aliphatic carbocycles. The Bertz CT molecular complexity index is 717. The first-order chi connectivity index (χ1) is 11.6. The number of aromatic nitrogens is 1. The summed E-state index contributed by atoms with van der Waals surface area (Å²) in [4.78, 5) is 17.9. The Morgan fingerprint density at radius 1 is 1.38 bits per heavy atom. The van der Waals surface area contributed by atoms with E-state index >= 15 is 0 Å². The second-order valence-electron chi connectivity index (χ2n) is 6.29. The Balaban J connectivity index is 1.57. The molecule has 5 heteroatoms. The van der Waals surface area contributed by atoms with E-state index in [0.29, 0.717) is 11.5 Å². The summed E-state index contributed by atoms with van der Waals surface area (Å²) in [5.74, 6) is 0.523. The zero-order valence-corrected chi connectivity index (χ0v) is 13.8. The summed E-state index contributed by atoms with van der Waals surface area (Å²) in [5, 5.41) is 9.09. The lowest BCUT2D eigenvalue weighted by molar-refractivity contribution is 0.0696. The van der Waals surface area contributed by atoms with Gasteiger partial charge in [-0.2, -0.15) is 0 Å². The molecule has 1 unspecified atom stereocenters. The molecule has 24 heavy (non-hydrogen) atoms. The monoisotopic (exact) mass is 326 g/mol.